The molecule has 0 aliphatic carbocycles. The predicted molar refractivity (Wildman–Crippen MR) is 53.3 cm³/mol. The van der Waals surface area contributed by atoms with Gasteiger partial charge >= 0.3 is 0 Å². The van der Waals surface area contributed by atoms with Gasteiger partial charge in [0, 0.05) is 9.64 Å². The van der Waals surface area contributed by atoms with Gasteiger partial charge in [0.05, 0.1) is 10.6 Å². The number of hydrogen-bond donors (Lipinski definition) is 0. The van der Waals surface area contributed by atoms with E-state index in [9.17, 15) is 18.9 Å². The van der Waals surface area contributed by atoms with Crippen LogP contribution in [0.2, 0.25) is 0 Å². The molecule has 0 fully saturated rings. The number of nitrogens with zero attached hydrogens (tertiary/aromatic N) is 2. The summed E-state index contributed by atoms with van der Waals surface area (Å²) in [5.74, 6) is 0. The van der Waals surface area contributed by atoms with Crippen LogP contribution in [0, 0.1) is 20.6 Å². The van der Waals surface area contributed by atoms with Gasteiger partial charge in [-0.2, -0.15) is 0 Å². The Labute approximate surface area is 91.6 Å². The molecule has 1 aromatic heterocycles. The zero-order valence-electron chi connectivity index (χ0n) is 7.00. The number of alkyl halides is 2. The first-order valence-corrected chi connectivity index (χ1v) is 4.61. The smallest absolute Gasteiger partial charge is 0.258 e. The maximum absolute atomic E-state index is 12.3. The van der Waals surface area contributed by atoms with Gasteiger partial charge in [-0.3, -0.25) is 10.1 Å². The molecular formula is C7H5F2IN2O2. The number of aryl methyl sites for hydroxylation is 1. The third-order valence-corrected chi connectivity index (χ3v) is 2.66. The minimum absolute atomic E-state index is 0.367. The van der Waals surface area contributed by atoms with Crippen molar-refractivity contribution in [2.75, 3.05) is 0 Å². The lowest BCUT2D eigenvalue weighted by atomic mass is 10.2. The summed E-state index contributed by atoms with van der Waals surface area (Å²) in [5.41, 5.74) is -1.03. The number of hydrogen-bond acceptors (Lipinski definition) is 3. The summed E-state index contributed by atoms with van der Waals surface area (Å²) in [5, 5.41) is 10.4. The minimum atomic E-state index is -2.92. The summed E-state index contributed by atoms with van der Waals surface area (Å²) < 4.78 is 25.2. The molecule has 7 heteroatoms. The van der Waals surface area contributed by atoms with Gasteiger partial charge in [-0.25, -0.2) is 13.8 Å². The Kier molecular flexibility index (Phi) is 3.29. The maximum Gasteiger partial charge on any atom is 0.297 e. The Hall–Kier alpha value is -0.860. The van der Waals surface area contributed by atoms with Gasteiger partial charge in [-0.1, -0.05) is 0 Å². The standard InChI is InChI=1S/C7H5F2IN2O2/c1-3-4(10)2-5(12(13)14)6(11-3)7(8)9/h2,7H,1H3. The highest BCUT2D eigenvalue weighted by Gasteiger charge is 2.24. The van der Waals surface area contributed by atoms with Crippen LogP contribution in [-0.4, -0.2) is 9.91 Å². The predicted octanol–water partition coefficient (Wildman–Crippen LogP) is 2.84. The fourth-order valence-electron chi connectivity index (χ4n) is 0.897. The van der Waals surface area contributed by atoms with E-state index in [1.54, 1.807) is 0 Å². The molecule has 0 bridgehead atoms. The topological polar surface area (TPSA) is 56.0 Å². The largest absolute Gasteiger partial charge is 0.297 e. The van der Waals surface area contributed by atoms with Crippen LogP contribution >= 0.6 is 22.6 Å². The van der Waals surface area contributed by atoms with Crippen LogP contribution in [-0.2, 0) is 0 Å². The highest BCUT2D eigenvalue weighted by Crippen LogP contribution is 2.29. The van der Waals surface area contributed by atoms with Gasteiger partial charge in [0.2, 0.25) is 0 Å². The van der Waals surface area contributed by atoms with E-state index in [4.69, 9.17) is 0 Å². The molecular weight excluding hydrogens is 309 g/mol. The van der Waals surface area contributed by atoms with Crippen LogP contribution in [0.4, 0.5) is 14.5 Å². The first-order valence-electron chi connectivity index (χ1n) is 3.53. The molecule has 0 saturated heterocycles. The molecule has 0 aliphatic heterocycles. The second-order valence-corrected chi connectivity index (χ2v) is 3.68. The van der Waals surface area contributed by atoms with E-state index in [1.807, 2.05) is 22.6 Å². The highest BCUT2D eigenvalue weighted by molar-refractivity contribution is 14.1. The Morgan fingerprint density at radius 3 is 2.64 bits per heavy atom. The Balaban J connectivity index is 3.39. The summed E-state index contributed by atoms with van der Waals surface area (Å²) in [6, 6.07) is 1.10. The summed E-state index contributed by atoms with van der Waals surface area (Å²) in [6.07, 6.45) is -2.92. The quantitative estimate of drug-likeness (QED) is 0.479. The molecule has 76 valence electrons. The molecule has 1 heterocycles. The highest BCUT2D eigenvalue weighted by atomic mass is 127. The van der Waals surface area contributed by atoms with Crippen LogP contribution in [0.5, 0.6) is 0 Å². The van der Waals surface area contributed by atoms with E-state index in [1.165, 1.54) is 6.92 Å². The molecule has 0 atom stereocenters. The lowest BCUT2D eigenvalue weighted by Crippen LogP contribution is -2.02. The van der Waals surface area contributed by atoms with E-state index in [0.29, 0.717) is 9.26 Å². The molecule has 0 saturated carbocycles. The average molecular weight is 314 g/mol. The van der Waals surface area contributed by atoms with E-state index >= 15 is 0 Å². The van der Waals surface area contributed by atoms with E-state index in [2.05, 4.69) is 4.98 Å². The van der Waals surface area contributed by atoms with E-state index < -0.39 is 22.7 Å². The molecule has 0 unspecified atom stereocenters. The van der Waals surface area contributed by atoms with Crippen molar-refractivity contribution in [1.29, 1.82) is 0 Å². The number of pyridine rings is 1. The van der Waals surface area contributed by atoms with Gasteiger partial charge in [-0.05, 0) is 29.5 Å². The van der Waals surface area contributed by atoms with Crippen LogP contribution in [0.3, 0.4) is 0 Å². The molecule has 0 spiro atoms. The Bertz CT molecular complexity index is 384. The van der Waals surface area contributed by atoms with E-state index in [-0.39, 0.29) is 0 Å². The van der Waals surface area contributed by atoms with Crippen molar-refractivity contribution in [1.82, 2.24) is 4.98 Å². The van der Waals surface area contributed by atoms with Crippen LogP contribution in [0.15, 0.2) is 6.07 Å². The summed E-state index contributed by atoms with van der Waals surface area (Å²) >= 11 is 1.81. The van der Waals surface area contributed by atoms with Gasteiger partial charge in [0.25, 0.3) is 12.1 Å². The molecule has 1 aromatic rings. The SMILES string of the molecule is Cc1nc(C(F)F)c([N+](=O)[O-])cc1I. The van der Waals surface area contributed by atoms with E-state index in [0.717, 1.165) is 6.07 Å². The monoisotopic (exact) mass is 314 g/mol. The van der Waals surface area contributed by atoms with Crippen LogP contribution in [0.1, 0.15) is 17.8 Å². The fourth-order valence-corrected chi connectivity index (χ4v) is 1.31. The number of nitro groups is 1. The Morgan fingerprint density at radius 1 is 1.64 bits per heavy atom. The van der Waals surface area contributed by atoms with Crippen molar-refractivity contribution < 1.29 is 13.7 Å². The van der Waals surface area contributed by atoms with Gasteiger partial charge in [0.15, 0.2) is 5.69 Å². The third kappa shape index (κ3) is 2.14. The maximum atomic E-state index is 12.3. The second kappa shape index (κ2) is 4.11. The first kappa shape index (κ1) is 11.2. The third-order valence-electron chi connectivity index (χ3n) is 1.56. The lowest BCUT2D eigenvalue weighted by Gasteiger charge is -2.03. The molecule has 4 nitrogen and oxygen atoms in total. The average Bonchev–Trinajstić information content (AvgIpc) is 2.08. The first-order chi connectivity index (χ1) is 6.43. The second-order valence-electron chi connectivity index (χ2n) is 2.52. The molecule has 14 heavy (non-hydrogen) atoms. The zero-order valence-corrected chi connectivity index (χ0v) is 9.16. The van der Waals surface area contributed by atoms with Crippen molar-refractivity contribution in [2.24, 2.45) is 0 Å². The van der Waals surface area contributed by atoms with Gasteiger partial charge < -0.3 is 0 Å². The zero-order chi connectivity index (χ0) is 10.9. The lowest BCUT2D eigenvalue weighted by molar-refractivity contribution is -0.386. The number of aromatic nitrogens is 1. The molecule has 0 radical (unpaired) electrons. The number of rotatable bonds is 2. The van der Waals surface area contributed by atoms with Crippen molar-refractivity contribution in [3.63, 3.8) is 0 Å². The van der Waals surface area contributed by atoms with Gasteiger partial charge in [0.1, 0.15) is 0 Å². The summed E-state index contributed by atoms with van der Waals surface area (Å²) in [4.78, 5) is 13.1. The van der Waals surface area contributed by atoms with Crippen molar-refractivity contribution in [3.05, 3.63) is 31.1 Å². The van der Waals surface area contributed by atoms with Crippen molar-refractivity contribution in [2.45, 2.75) is 13.3 Å². The summed E-state index contributed by atoms with van der Waals surface area (Å²) in [7, 11) is 0. The minimum Gasteiger partial charge on any atom is -0.258 e. The molecule has 0 amide bonds. The number of halogens is 3. The fraction of sp³-hybridized carbons (Fsp3) is 0.286. The molecule has 0 aliphatic rings. The van der Waals surface area contributed by atoms with Crippen LogP contribution in [0.25, 0.3) is 0 Å². The normalized spacial score (nSPS) is 10.6. The molecule has 1 rings (SSSR count). The molecule has 0 N–H and O–H groups in total. The summed E-state index contributed by atoms with van der Waals surface area (Å²) in [6.45, 7) is 1.53. The molecule has 0 aromatic carbocycles. The van der Waals surface area contributed by atoms with Gasteiger partial charge in [-0.15, -0.1) is 0 Å². The van der Waals surface area contributed by atoms with Crippen LogP contribution < -0.4 is 0 Å². The Morgan fingerprint density at radius 2 is 2.21 bits per heavy atom. The van der Waals surface area contributed by atoms with Crippen molar-refractivity contribution >= 4 is 28.3 Å². The van der Waals surface area contributed by atoms with Crippen molar-refractivity contribution in [3.8, 4) is 0 Å².